The number of carbonyl (C=O) groups excluding carboxylic acids is 1. The SMILES string of the molecule is COc1ccc(-c2cc3c(cc2OC)C(NC(=O)O[C@@H]2CN4CCC2CC4)C(C)(C)C3)c(F)c1. The minimum absolute atomic E-state index is 0.0403. The summed E-state index contributed by atoms with van der Waals surface area (Å²) in [6, 6.07) is 8.52. The Labute approximate surface area is 200 Å². The van der Waals surface area contributed by atoms with Gasteiger partial charge in [-0.1, -0.05) is 13.8 Å². The molecule has 0 radical (unpaired) electrons. The second kappa shape index (κ2) is 8.77. The predicted molar refractivity (Wildman–Crippen MR) is 128 cm³/mol. The van der Waals surface area contributed by atoms with Crippen molar-refractivity contribution in [2.75, 3.05) is 33.9 Å². The van der Waals surface area contributed by atoms with Crippen molar-refractivity contribution in [1.29, 1.82) is 0 Å². The summed E-state index contributed by atoms with van der Waals surface area (Å²) in [5.41, 5.74) is 2.98. The largest absolute Gasteiger partial charge is 0.497 e. The quantitative estimate of drug-likeness (QED) is 0.673. The van der Waals surface area contributed by atoms with Crippen LogP contribution in [-0.4, -0.2) is 51.0 Å². The molecule has 0 aromatic heterocycles. The average molecular weight is 469 g/mol. The van der Waals surface area contributed by atoms with Crippen molar-refractivity contribution in [1.82, 2.24) is 10.2 Å². The van der Waals surface area contributed by atoms with E-state index in [9.17, 15) is 9.18 Å². The normalized spacial score (nSPS) is 26.6. The molecule has 182 valence electrons. The van der Waals surface area contributed by atoms with Gasteiger partial charge in [0.15, 0.2) is 0 Å². The van der Waals surface area contributed by atoms with Crippen LogP contribution in [0.25, 0.3) is 11.1 Å². The van der Waals surface area contributed by atoms with Gasteiger partial charge in [0.25, 0.3) is 0 Å². The fourth-order valence-corrected chi connectivity index (χ4v) is 5.90. The van der Waals surface area contributed by atoms with Crippen LogP contribution in [0.2, 0.25) is 0 Å². The lowest BCUT2D eigenvalue weighted by Gasteiger charge is -2.44. The van der Waals surface area contributed by atoms with Gasteiger partial charge < -0.3 is 19.5 Å². The number of carbonyl (C=O) groups is 1. The Kier molecular flexibility index (Phi) is 5.92. The molecule has 7 heteroatoms. The summed E-state index contributed by atoms with van der Waals surface area (Å²) in [6.45, 7) is 7.30. The Morgan fingerprint density at radius 1 is 1.09 bits per heavy atom. The first-order valence-electron chi connectivity index (χ1n) is 12.0. The van der Waals surface area contributed by atoms with Crippen molar-refractivity contribution in [2.24, 2.45) is 11.3 Å². The van der Waals surface area contributed by atoms with Crippen LogP contribution in [0.5, 0.6) is 11.5 Å². The molecule has 1 unspecified atom stereocenters. The average Bonchev–Trinajstić information content (AvgIpc) is 3.07. The van der Waals surface area contributed by atoms with E-state index in [2.05, 4.69) is 24.1 Å². The van der Waals surface area contributed by atoms with Gasteiger partial charge in [0.05, 0.1) is 20.3 Å². The molecular formula is C27H33FN2O4. The molecule has 2 aromatic carbocycles. The molecule has 3 heterocycles. The molecule has 6 rings (SSSR count). The standard InChI is InChI=1S/C27H33FN2O4/c1-27(2)14-17-11-21(19-6-5-18(32-3)12-22(19)28)23(33-4)13-20(17)25(27)29-26(31)34-24-15-30-9-7-16(24)8-10-30/h5-6,11-13,16,24-25H,7-10,14-15H2,1-4H3,(H,29,31)/t24-,25?/m1/s1. The first kappa shape index (κ1) is 23.0. The van der Waals surface area contributed by atoms with E-state index in [4.69, 9.17) is 14.2 Å². The Bertz CT molecular complexity index is 1090. The van der Waals surface area contributed by atoms with E-state index in [0.29, 0.717) is 28.5 Å². The van der Waals surface area contributed by atoms with Gasteiger partial charge in [-0.15, -0.1) is 0 Å². The van der Waals surface area contributed by atoms with Crippen molar-refractivity contribution in [3.63, 3.8) is 0 Å². The van der Waals surface area contributed by atoms with Crippen molar-refractivity contribution < 1.29 is 23.4 Å². The summed E-state index contributed by atoms with van der Waals surface area (Å²) >= 11 is 0. The van der Waals surface area contributed by atoms with Gasteiger partial charge in [0, 0.05) is 23.7 Å². The molecule has 2 atom stereocenters. The van der Waals surface area contributed by atoms with Crippen LogP contribution in [0.4, 0.5) is 9.18 Å². The summed E-state index contributed by atoms with van der Waals surface area (Å²) < 4.78 is 31.6. The molecule has 2 aromatic rings. The second-order valence-electron chi connectivity index (χ2n) is 10.4. The number of benzene rings is 2. The van der Waals surface area contributed by atoms with E-state index in [-0.39, 0.29) is 29.5 Å². The Morgan fingerprint density at radius 2 is 1.85 bits per heavy atom. The summed E-state index contributed by atoms with van der Waals surface area (Å²) in [5, 5.41) is 3.14. The number of amides is 1. The molecule has 6 nitrogen and oxygen atoms in total. The molecule has 3 fully saturated rings. The monoisotopic (exact) mass is 468 g/mol. The molecule has 2 bridgehead atoms. The number of nitrogens with one attached hydrogen (secondary N) is 1. The molecule has 4 aliphatic rings. The zero-order chi connectivity index (χ0) is 24.0. The summed E-state index contributed by atoms with van der Waals surface area (Å²) in [4.78, 5) is 15.3. The lowest BCUT2D eigenvalue weighted by atomic mass is 9.85. The van der Waals surface area contributed by atoms with Gasteiger partial charge >= 0.3 is 6.09 Å². The molecule has 0 spiro atoms. The highest BCUT2D eigenvalue weighted by molar-refractivity contribution is 5.75. The molecule has 34 heavy (non-hydrogen) atoms. The van der Waals surface area contributed by atoms with E-state index < -0.39 is 0 Å². The number of alkyl carbamates (subject to hydrolysis) is 1. The minimum Gasteiger partial charge on any atom is -0.497 e. The maximum absolute atomic E-state index is 14.9. The van der Waals surface area contributed by atoms with Crippen molar-refractivity contribution in [3.8, 4) is 22.6 Å². The van der Waals surface area contributed by atoms with Gasteiger partial charge in [-0.05, 0) is 79.1 Å². The fraction of sp³-hybridized carbons (Fsp3) is 0.519. The topological polar surface area (TPSA) is 60.0 Å². The Morgan fingerprint density at radius 3 is 2.47 bits per heavy atom. The number of methoxy groups -OCH3 is 2. The third kappa shape index (κ3) is 4.11. The third-order valence-electron chi connectivity index (χ3n) is 7.78. The van der Waals surface area contributed by atoms with Gasteiger partial charge in [-0.3, -0.25) is 4.90 Å². The number of halogens is 1. The van der Waals surface area contributed by atoms with Gasteiger partial charge in [0.1, 0.15) is 23.4 Å². The van der Waals surface area contributed by atoms with Crippen LogP contribution < -0.4 is 14.8 Å². The Balaban J connectivity index is 1.40. The predicted octanol–water partition coefficient (Wildman–Crippen LogP) is 4.95. The summed E-state index contributed by atoms with van der Waals surface area (Å²) in [7, 11) is 3.10. The molecule has 3 saturated heterocycles. The maximum atomic E-state index is 14.9. The Hall–Kier alpha value is -2.80. The first-order chi connectivity index (χ1) is 16.3. The zero-order valence-electron chi connectivity index (χ0n) is 20.3. The molecule has 0 saturated carbocycles. The number of piperidine rings is 3. The van der Waals surface area contributed by atoms with E-state index in [0.717, 1.165) is 50.0 Å². The smallest absolute Gasteiger partial charge is 0.407 e. The van der Waals surface area contributed by atoms with Crippen LogP contribution in [0.1, 0.15) is 43.9 Å². The number of hydrogen-bond acceptors (Lipinski definition) is 5. The lowest BCUT2D eigenvalue weighted by molar-refractivity contribution is -0.0349. The molecule has 1 amide bonds. The van der Waals surface area contributed by atoms with Crippen molar-refractivity contribution in [3.05, 3.63) is 47.3 Å². The van der Waals surface area contributed by atoms with E-state index >= 15 is 0 Å². The highest BCUT2D eigenvalue weighted by Crippen LogP contribution is 2.49. The molecular weight excluding hydrogens is 435 g/mol. The fourth-order valence-electron chi connectivity index (χ4n) is 5.90. The zero-order valence-corrected chi connectivity index (χ0v) is 20.3. The summed E-state index contributed by atoms with van der Waals surface area (Å²) in [6.07, 6.45) is 2.53. The van der Waals surface area contributed by atoms with E-state index in [1.807, 2.05) is 12.1 Å². The lowest BCUT2D eigenvalue weighted by Crippen LogP contribution is -2.53. The van der Waals surface area contributed by atoms with Gasteiger partial charge in [-0.2, -0.15) is 0 Å². The minimum atomic E-state index is -0.370. The first-order valence-corrected chi connectivity index (χ1v) is 12.0. The molecule has 1 aliphatic carbocycles. The summed E-state index contributed by atoms with van der Waals surface area (Å²) in [5.74, 6) is 1.12. The number of hydrogen-bond donors (Lipinski definition) is 1. The van der Waals surface area contributed by atoms with Crippen LogP contribution in [0, 0.1) is 17.2 Å². The number of nitrogens with zero attached hydrogens (tertiary/aromatic N) is 1. The number of fused-ring (bicyclic) bond motifs is 4. The molecule has 3 aliphatic heterocycles. The third-order valence-corrected chi connectivity index (χ3v) is 7.78. The number of rotatable bonds is 5. The van der Waals surface area contributed by atoms with Crippen LogP contribution in [0.3, 0.4) is 0 Å². The highest BCUT2D eigenvalue weighted by Gasteiger charge is 2.42. The van der Waals surface area contributed by atoms with Crippen LogP contribution >= 0.6 is 0 Å². The maximum Gasteiger partial charge on any atom is 0.407 e. The van der Waals surface area contributed by atoms with Crippen LogP contribution in [0.15, 0.2) is 30.3 Å². The van der Waals surface area contributed by atoms with E-state index in [1.165, 1.54) is 13.2 Å². The van der Waals surface area contributed by atoms with Crippen LogP contribution in [-0.2, 0) is 11.2 Å². The van der Waals surface area contributed by atoms with Crippen molar-refractivity contribution in [2.45, 2.75) is 45.3 Å². The van der Waals surface area contributed by atoms with Gasteiger partial charge in [0.2, 0.25) is 0 Å². The number of ether oxygens (including phenoxy) is 3. The highest BCUT2D eigenvalue weighted by atomic mass is 19.1. The van der Waals surface area contributed by atoms with Gasteiger partial charge in [-0.25, -0.2) is 9.18 Å². The molecule has 1 N–H and O–H groups in total. The van der Waals surface area contributed by atoms with E-state index in [1.54, 1.807) is 19.2 Å². The second-order valence-corrected chi connectivity index (χ2v) is 10.4. The van der Waals surface area contributed by atoms with Crippen molar-refractivity contribution >= 4 is 6.09 Å².